The van der Waals surface area contributed by atoms with Crippen LogP contribution in [-0.4, -0.2) is 36.5 Å². The zero-order chi connectivity index (χ0) is 9.56. The summed E-state index contributed by atoms with van der Waals surface area (Å²) in [7, 11) is 0. The first-order chi connectivity index (χ1) is 5.56. The summed E-state index contributed by atoms with van der Waals surface area (Å²) in [5.41, 5.74) is 0. The molecule has 0 saturated heterocycles. The number of aliphatic hydroxyl groups excluding tert-OH is 1. The molecule has 0 amide bonds. The first-order valence-electron chi connectivity index (χ1n) is 4.56. The summed E-state index contributed by atoms with van der Waals surface area (Å²) in [6.07, 6.45) is 0.100. The summed E-state index contributed by atoms with van der Waals surface area (Å²) in [5.74, 6) is 0. The fourth-order valence-electron chi connectivity index (χ4n) is 0.908. The van der Waals surface area contributed by atoms with E-state index in [0.29, 0.717) is 12.6 Å². The Kier molecular flexibility index (Phi) is 6.34. The number of rotatable bonds is 6. The fourth-order valence-corrected chi connectivity index (χ4v) is 0.908. The maximum atomic E-state index is 8.92. The lowest BCUT2D eigenvalue weighted by molar-refractivity contribution is -0.0225. The van der Waals surface area contributed by atoms with Gasteiger partial charge in [-0.15, -0.1) is 0 Å². The standard InChI is InChI=1S/C9H21NO2/c1-7(2)10-5-9(6-11)12-8(3)4/h7-11H,5-6H2,1-4H3. The minimum Gasteiger partial charge on any atom is -0.394 e. The van der Waals surface area contributed by atoms with Crippen LogP contribution in [0.4, 0.5) is 0 Å². The van der Waals surface area contributed by atoms with Crippen molar-refractivity contribution in [2.24, 2.45) is 0 Å². The van der Waals surface area contributed by atoms with Crippen molar-refractivity contribution in [1.82, 2.24) is 5.32 Å². The van der Waals surface area contributed by atoms with Crippen molar-refractivity contribution in [2.45, 2.75) is 45.9 Å². The molecular formula is C9H21NO2. The van der Waals surface area contributed by atoms with Crippen molar-refractivity contribution in [3.63, 3.8) is 0 Å². The molecule has 0 bridgehead atoms. The first kappa shape index (κ1) is 11.9. The van der Waals surface area contributed by atoms with E-state index in [0.717, 1.165) is 0 Å². The van der Waals surface area contributed by atoms with Gasteiger partial charge in [-0.3, -0.25) is 0 Å². The molecule has 0 fully saturated rings. The van der Waals surface area contributed by atoms with E-state index in [1.165, 1.54) is 0 Å². The Labute approximate surface area is 75.1 Å². The highest BCUT2D eigenvalue weighted by atomic mass is 16.5. The van der Waals surface area contributed by atoms with Gasteiger partial charge in [0.2, 0.25) is 0 Å². The lowest BCUT2D eigenvalue weighted by atomic mass is 10.3. The molecule has 0 aliphatic rings. The van der Waals surface area contributed by atoms with Crippen LogP contribution in [0.1, 0.15) is 27.7 Å². The summed E-state index contributed by atoms with van der Waals surface area (Å²) in [4.78, 5) is 0. The van der Waals surface area contributed by atoms with E-state index in [1.807, 2.05) is 13.8 Å². The Balaban J connectivity index is 3.53. The van der Waals surface area contributed by atoms with Crippen molar-refractivity contribution in [2.75, 3.05) is 13.2 Å². The lowest BCUT2D eigenvalue weighted by Gasteiger charge is -2.19. The molecule has 0 heterocycles. The normalized spacial score (nSPS) is 14.2. The van der Waals surface area contributed by atoms with Crippen molar-refractivity contribution in [3.05, 3.63) is 0 Å². The van der Waals surface area contributed by atoms with Gasteiger partial charge in [-0.25, -0.2) is 0 Å². The maximum Gasteiger partial charge on any atom is 0.0933 e. The van der Waals surface area contributed by atoms with Crippen LogP contribution in [0, 0.1) is 0 Å². The van der Waals surface area contributed by atoms with Crippen molar-refractivity contribution >= 4 is 0 Å². The highest BCUT2D eigenvalue weighted by Gasteiger charge is 2.09. The minimum absolute atomic E-state index is 0.0765. The van der Waals surface area contributed by atoms with Gasteiger partial charge in [0, 0.05) is 12.6 Å². The van der Waals surface area contributed by atoms with E-state index in [-0.39, 0.29) is 18.8 Å². The molecule has 0 aliphatic carbocycles. The third-order valence-electron chi connectivity index (χ3n) is 1.42. The largest absolute Gasteiger partial charge is 0.394 e. The van der Waals surface area contributed by atoms with Crippen molar-refractivity contribution in [3.8, 4) is 0 Å². The van der Waals surface area contributed by atoms with Gasteiger partial charge in [0.05, 0.1) is 18.8 Å². The molecule has 0 aromatic carbocycles. The average Bonchev–Trinajstić information content (AvgIpc) is 1.97. The molecule has 0 saturated carbocycles. The maximum absolute atomic E-state index is 8.92. The highest BCUT2D eigenvalue weighted by Crippen LogP contribution is 1.96. The molecule has 0 aromatic heterocycles. The van der Waals surface area contributed by atoms with Crippen LogP contribution >= 0.6 is 0 Å². The zero-order valence-corrected chi connectivity index (χ0v) is 8.50. The predicted molar refractivity (Wildman–Crippen MR) is 50.2 cm³/mol. The van der Waals surface area contributed by atoms with E-state index < -0.39 is 0 Å². The van der Waals surface area contributed by atoms with E-state index in [1.54, 1.807) is 0 Å². The third kappa shape index (κ3) is 6.58. The summed E-state index contributed by atoms with van der Waals surface area (Å²) < 4.78 is 5.44. The molecule has 0 spiro atoms. The molecule has 2 N–H and O–H groups in total. The summed E-state index contributed by atoms with van der Waals surface area (Å²) in [5, 5.41) is 12.1. The second-order valence-electron chi connectivity index (χ2n) is 3.55. The molecule has 3 nitrogen and oxygen atoms in total. The number of hydrogen-bond donors (Lipinski definition) is 2. The predicted octanol–water partition coefficient (Wildman–Crippen LogP) is 0.770. The van der Waals surface area contributed by atoms with Crippen molar-refractivity contribution in [1.29, 1.82) is 0 Å². The number of nitrogens with one attached hydrogen (secondary N) is 1. The molecule has 74 valence electrons. The second kappa shape index (κ2) is 6.40. The Morgan fingerprint density at radius 3 is 2.17 bits per heavy atom. The van der Waals surface area contributed by atoms with Gasteiger partial charge in [0.1, 0.15) is 0 Å². The average molecular weight is 175 g/mol. The van der Waals surface area contributed by atoms with Gasteiger partial charge < -0.3 is 15.2 Å². The van der Waals surface area contributed by atoms with Crippen LogP contribution in [-0.2, 0) is 4.74 Å². The SMILES string of the molecule is CC(C)NCC(CO)OC(C)C. The molecule has 0 aromatic rings. The van der Waals surface area contributed by atoms with Crippen LogP contribution in [0.3, 0.4) is 0 Å². The smallest absolute Gasteiger partial charge is 0.0933 e. The van der Waals surface area contributed by atoms with Gasteiger partial charge in [0.15, 0.2) is 0 Å². The zero-order valence-electron chi connectivity index (χ0n) is 8.50. The molecule has 1 atom stereocenters. The monoisotopic (exact) mass is 175 g/mol. The van der Waals surface area contributed by atoms with E-state index in [4.69, 9.17) is 9.84 Å². The van der Waals surface area contributed by atoms with E-state index in [9.17, 15) is 0 Å². The second-order valence-corrected chi connectivity index (χ2v) is 3.55. The topological polar surface area (TPSA) is 41.5 Å². The van der Waals surface area contributed by atoms with Gasteiger partial charge in [-0.1, -0.05) is 13.8 Å². The van der Waals surface area contributed by atoms with Gasteiger partial charge in [-0.05, 0) is 13.8 Å². The Bertz CT molecular complexity index is 105. The van der Waals surface area contributed by atoms with Gasteiger partial charge in [-0.2, -0.15) is 0 Å². The molecule has 0 rings (SSSR count). The lowest BCUT2D eigenvalue weighted by Crippen LogP contribution is -2.36. The Hall–Kier alpha value is -0.120. The summed E-state index contributed by atoms with van der Waals surface area (Å²) in [6.45, 7) is 8.88. The van der Waals surface area contributed by atoms with Crippen molar-refractivity contribution < 1.29 is 9.84 Å². The minimum atomic E-state index is -0.0765. The third-order valence-corrected chi connectivity index (χ3v) is 1.42. The van der Waals surface area contributed by atoms with E-state index in [2.05, 4.69) is 19.2 Å². The van der Waals surface area contributed by atoms with Gasteiger partial charge >= 0.3 is 0 Å². The molecule has 1 unspecified atom stereocenters. The molecule has 0 aliphatic heterocycles. The number of hydrogen-bond acceptors (Lipinski definition) is 3. The fraction of sp³-hybridized carbons (Fsp3) is 1.00. The Morgan fingerprint density at radius 2 is 1.83 bits per heavy atom. The highest BCUT2D eigenvalue weighted by molar-refractivity contribution is 4.63. The first-order valence-corrected chi connectivity index (χ1v) is 4.56. The van der Waals surface area contributed by atoms with E-state index >= 15 is 0 Å². The van der Waals surface area contributed by atoms with Crippen LogP contribution in [0.25, 0.3) is 0 Å². The summed E-state index contributed by atoms with van der Waals surface area (Å²) >= 11 is 0. The Morgan fingerprint density at radius 1 is 1.25 bits per heavy atom. The van der Waals surface area contributed by atoms with Crippen LogP contribution in [0.5, 0.6) is 0 Å². The number of aliphatic hydroxyl groups is 1. The molecule has 12 heavy (non-hydrogen) atoms. The molecular weight excluding hydrogens is 154 g/mol. The summed E-state index contributed by atoms with van der Waals surface area (Å²) in [6, 6.07) is 0.440. The molecule has 3 heteroatoms. The van der Waals surface area contributed by atoms with Gasteiger partial charge in [0.25, 0.3) is 0 Å². The quantitative estimate of drug-likeness (QED) is 0.626. The van der Waals surface area contributed by atoms with Crippen LogP contribution < -0.4 is 5.32 Å². The number of ether oxygens (including phenoxy) is 1. The van der Waals surface area contributed by atoms with Crippen LogP contribution in [0.2, 0.25) is 0 Å². The molecule has 0 radical (unpaired) electrons. The van der Waals surface area contributed by atoms with Crippen LogP contribution in [0.15, 0.2) is 0 Å².